The molecule has 0 saturated carbocycles. The molecule has 7 heteroatoms. The molecule has 0 bridgehead atoms. The average Bonchev–Trinajstić information content (AvgIpc) is 3.32. The fraction of sp³-hybridized carbons (Fsp3) is 0.333. The van der Waals surface area contributed by atoms with E-state index in [2.05, 4.69) is 39.2 Å². The zero-order valence-corrected chi connectivity index (χ0v) is 20.4. The Morgan fingerprint density at radius 1 is 0.971 bits per heavy atom. The molecule has 2 aromatic carbocycles. The normalized spacial score (nSPS) is 16.5. The fourth-order valence-corrected chi connectivity index (χ4v) is 5.53. The molecule has 6 nitrogen and oxygen atoms in total. The summed E-state index contributed by atoms with van der Waals surface area (Å²) in [7, 11) is -3.02. The van der Waals surface area contributed by atoms with E-state index in [-0.39, 0.29) is 5.75 Å². The van der Waals surface area contributed by atoms with Gasteiger partial charge in [0.2, 0.25) is 10.2 Å². The molecule has 1 saturated heterocycles. The lowest BCUT2D eigenvalue weighted by Crippen LogP contribution is -2.31. The van der Waals surface area contributed by atoms with Crippen LogP contribution in [0.25, 0.3) is 27.9 Å². The summed E-state index contributed by atoms with van der Waals surface area (Å²) >= 11 is 0. The van der Waals surface area contributed by atoms with Crippen LogP contribution in [0.4, 0.5) is 0 Å². The molecule has 4 aromatic rings. The molecule has 176 valence electrons. The van der Waals surface area contributed by atoms with Crippen molar-refractivity contribution in [2.24, 2.45) is 0 Å². The zero-order chi connectivity index (χ0) is 23.5. The lowest BCUT2D eigenvalue weighted by Gasteiger charge is -2.26. The van der Waals surface area contributed by atoms with Gasteiger partial charge in [-0.15, -0.1) is 0 Å². The highest BCUT2D eigenvalue weighted by Crippen LogP contribution is 2.29. The van der Waals surface area contributed by atoms with E-state index in [1.54, 1.807) is 35.8 Å². The number of nitrogens with zero attached hydrogens (tertiary/aromatic N) is 4. The molecule has 3 heterocycles. The van der Waals surface area contributed by atoms with Crippen LogP contribution in [0.2, 0.25) is 0 Å². The molecular weight excluding hydrogens is 444 g/mol. The fourth-order valence-electron chi connectivity index (χ4n) is 4.59. The van der Waals surface area contributed by atoms with Crippen LogP contribution in [0.15, 0.2) is 72.0 Å². The van der Waals surface area contributed by atoms with Gasteiger partial charge in [0.05, 0.1) is 6.20 Å². The van der Waals surface area contributed by atoms with Gasteiger partial charge in [0.15, 0.2) is 10.5 Å². The Morgan fingerprint density at radius 3 is 2.53 bits per heavy atom. The minimum Gasteiger partial charge on any atom is -0.303 e. The van der Waals surface area contributed by atoms with Crippen molar-refractivity contribution in [3.8, 4) is 22.3 Å². The van der Waals surface area contributed by atoms with Gasteiger partial charge >= 0.3 is 0 Å². The Hall–Kier alpha value is -2.87. The predicted octanol–water partition coefficient (Wildman–Crippen LogP) is 5.44. The summed E-state index contributed by atoms with van der Waals surface area (Å²) in [5, 5.41) is 4.51. The van der Waals surface area contributed by atoms with Crippen LogP contribution in [0.5, 0.6) is 0 Å². The largest absolute Gasteiger partial charge is 0.303 e. The standard InChI is InChI=1S/C27H30N4O2S/c1-2-34(32,33)25-8-6-7-23(17-25)26-19-29-31-20-24(18-28-27(26)31)22-11-9-21(10-12-22)13-16-30-14-4-3-5-15-30/h6-12,17-20H,2-5,13-16H2,1H3/p+1. The van der Waals surface area contributed by atoms with E-state index in [0.29, 0.717) is 4.90 Å². The number of rotatable bonds is 7. The number of aromatic nitrogens is 3. The summed E-state index contributed by atoms with van der Waals surface area (Å²) < 4.78 is 24.4. The van der Waals surface area contributed by atoms with E-state index < -0.39 is 10.2 Å². The van der Waals surface area contributed by atoms with Gasteiger partial charge < -0.3 is 4.90 Å². The number of benzene rings is 2. The number of fused-ring (bicyclic) bond motifs is 1. The van der Waals surface area contributed by atoms with E-state index in [9.17, 15) is 8.76 Å². The maximum Gasteiger partial charge on any atom is 0.247 e. The summed E-state index contributed by atoms with van der Waals surface area (Å²) in [6.45, 7) is 5.32. The van der Waals surface area contributed by atoms with Crippen molar-refractivity contribution in [2.75, 3.05) is 25.4 Å². The number of piperidine rings is 1. The van der Waals surface area contributed by atoms with E-state index in [4.69, 9.17) is 0 Å². The highest BCUT2D eigenvalue weighted by Gasteiger charge is 2.26. The maximum atomic E-state index is 12.4. The van der Waals surface area contributed by atoms with E-state index in [0.717, 1.165) is 40.9 Å². The van der Waals surface area contributed by atoms with Gasteiger partial charge in [-0.1, -0.05) is 47.0 Å². The molecule has 0 aliphatic carbocycles. The summed E-state index contributed by atoms with van der Waals surface area (Å²) in [4.78, 5) is 7.69. The first-order valence-electron chi connectivity index (χ1n) is 12.0. The van der Waals surface area contributed by atoms with Gasteiger partial charge in [-0.05, 0) is 62.0 Å². The molecule has 1 N–H and O–H groups in total. The van der Waals surface area contributed by atoms with Gasteiger partial charge in [-0.25, -0.2) is 9.50 Å². The van der Waals surface area contributed by atoms with Crippen molar-refractivity contribution in [1.82, 2.24) is 19.5 Å². The van der Waals surface area contributed by atoms with Gasteiger partial charge in [-0.3, -0.25) is 0 Å². The van der Waals surface area contributed by atoms with Crippen LogP contribution < -0.4 is 0 Å². The van der Waals surface area contributed by atoms with Crippen molar-refractivity contribution in [2.45, 2.75) is 37.5 Å². The van der Waals surface area contributed by atoms with Crippen LogP contribution in [-0.4, -0.2) is 49.4 Å². The summed E-state index contributed by atoms with van der Waals surface area (Å²) in [6, 6.07) is 15.9. The predicted molar refractivity (Wildman–Crippen MR) is 137 cm³/mol. The van der Waals surface area contributed by atoms with E-state index in [1.165, 1.54) is 37.9 Å². The monoisotopic (exact) mass is 475 g/mol. The molecule has 1 aliphatic rings. The number of hydrogen-bond acceptors (Lipinski definition) is 4. The Balaban J connectivity index is 1.35. The Bertz CT molecular complexity index is 1330. The summed E-state index contributed by atoms with van der Waals surface area (Å²) in [6.07, 6.45) is 10.7. The molecule has 1 unspecified atom stereocenters. The topological polar surface area (TPSA) is 70.7 Å². The van der Waals surface area contributed by atoms with Gasteiger partial charge in [0.1, 0.15) is 5.75 Å². The first kappa shape index (κ1) is 22.9. The highest BCUT2D eigenvalue weighted by molar-refractivity contribution is 7.97. The third kappa shape index (κ3) is 4.82. The van der Waals surface area contributed by atoms with Crippen molar-refractivity contribution in [3.05, 3.63) is 72.7 Å². The quantitative estimate of drug-likeness (QED) is 0.360. The average molecular weight is 476 g/mol. The molecule has 2 aromatic heterocycles. The molecule has 0 amide bonds. The van der Waals surface area contributed by atoms with Crippen LogP contribution in [0.1, 0.15) is 31.7 Å². The first-order valence-corrected chi connectivity index (χ1v) is 13.7. The molecule has 0 radical (unpaired) electrons. The maximum absolute atomic E-state index is 12.4. The van der Waals surface area contributed by atoms with Crippen LogP contribution in [-0.2, 0) is 20.8 Å². The van der Waals surface area contributed by atoms with Crippen molar-refractivity contribution in [1.29, 1.82) is 0 Å². The van der Waals surface area contributed by atoms with Gasteiger partial charge in [0.25, 0.3) is 0 Å². The first-order chi connectivity index (χ1) is 16.5. The van der Waals surface area contributed by atoms with E-state index in [1.807, 2.05) is 18.5 Å². The molecule has 34 heavy (non-hydrogen) atoms. The second-order valence-electron chi connectivity index (χ2n) is 8.98. The number of hydrogen-bond donors (Lipinski definition) is 1. The van der Waals surface area contributed by atoms with Crippen molar-refractivity contribution in [3.63, 3.8) is 0 Å². The third-order valence-corrected chi connectivity index (χ3v) is 8.49. The van der Waals surface area contributed by atoms with Gasteiger partial charge in [-0.2, -0.15) is 9.65 Å². The molecular formula is C27H31N4O2S+. The van der Waals surface area contributed by atoms with Crippen molar-refractivity contribution < 1.29 is 8.76 Å². The molecule has 0 spiro atoms. The second kappa shape index (κ2) is 9.78. The summed E-state index contributed by atoms with van der Waals surface area (Å²) in [5.74, 6) is 0.184. The molecule has 5 rings (SSSR count). The molecule has 1 aliphatic heterocycles. The lowest BCUT2D eigenvalue weighted by atomic mass is 10.0. The minimum absolute atomic E-state index is 0.184. The minimum atomic E-state index is -3.02. The Morgan fingerprint density at radius 2 is 1.76 bits per heavy atom. The second-order valence-corrected chi connectivity index (χ2v) is 11.3. The third-order valence-electron chi connectivity index (χ3n) is 6.71. The lowest BCUT2D eigenvalue weighted by molar-refractivity contribution is 0.231. The van der Waals surface area contributed by atoms with Crippen LogP contribution in [0.3, 0.4) is 0 Å². The smallest absolute Gasteiger partial charge is 0.247 e. The summed E-state index contributed by atoms with van der Waals surface area (Å²) in [5.41, 5.74) is 5.87. The van der Waals surface area contributed by atoms with Crippen LogP contribution in [0, 0.1) is 0 Å². The highest BCUT2D eigenvalue weighted by atomic mass is 32.3. The number of likely N-dealkylation sites (tertiary alicyclic amines) is 1. The van der Waals surface area contributed by atoms with E-state index >= 15 is 0 Å². The molecule has 1 fully saturated rings. The molecule has 1 atom stereocenters. The SMILES string of the molecule is CC[S+](=O)(O)c1cccc(-c2cnn3cc(-c4ccc(CCN5CCCCC5)cc4)cnc23)c1. The van der Waals surface area contributed by atoms with Crippen molar-refractivity contribution >= 4 is 15.9 Å². The Kier molecular flexibility index (Phi) is 6.59. The zero-order valence-electron chi connectivity index (χ0n) is 19.6. The Labute approximate surface area is 201 Å². The van der Waals surface area contributed by atoms with Gasteiger partial charge in [0, 0.05) is 36.1 Å². The van der Waals surface area contributed by atoms with Crippen LogP contribution >= 0.6 is 0 Å².